The number of halogens is 1. The van der Waals surface area contributed by atoms with Crippen molar-refractivity contribution in [3.8, 4) is 5.75 Å². The Morgan fingerprint density at radius 3 is 2.65 bits per heavy atom. The second-order valence-corrected chi connectivity index (χ2v) is 6.59. The lowest BCUT2D eigenvalue weighted by Gasteiger charge is -2.15. The van der Waals surface area contributed by atoms with Gasteiger partial charge in [0.05, 0.1) is 28.6 Å². The van der Waals surface area contributed by atoms with Gasteiger partial charge in [-0.15, -0.1) is 11.8 Å². The third kappa shape index (κ3) is 5.66. The Morgan fingerprint density at radius 1 is 1.15 bits per heavy atom. The van der Waals surface area contributed by atoms with Crippen LogP contribution in [0.15, 0.2) is 47.4 Å². The van der Waals surface area contributed by atoms with Crippen LogP contribution in [-0.4, -0.2) is 37.9 Å². The van der Waals surface area contributed by atoms with E-state index < -0.39 is 5.91 Å². The Morgan fingerprint density at radius 2 is 1.92 bits per heavy atom. The topological polar surface area (TPSA) is 90.7 Å². The number of primary amides is 1. The highest BCUT2D eigenvalue weighted by Crippen LogP contribution is 2.33. The highest BCUT2D eigenvalue weighted by atomic mass is 35.5. The van der Waals surface area contributed by atoms with Gasteiger partial charge in [0.25, 0.3) is 5.91 Å². The van der Waals surface area contributed by atoms with Crippen LogP contribution in [-0.2, 0) is 9.53 Å². The first kappa shape index (κ1) is 20.1. The molecule has 26 heavy (non-hydrogen) atoms. The largest absolute Gasteiger partial charge is 0.487 e. The van der Waals surface area contributed by atoms with E-state index in [9.17, 15) is 9.59 Å². The molecule has 138 valence electrons. The molecule has 0 fully saturated rings. The van der Waals surface area contributed by atoms with Gasteiger partial charge in [-0.05, 0) is 24.3 Å². The monoisotopic (exact) mass is 394 g/mol. The molecule has 2 aromatic rings. The van der Waals surface area contributed by atoms with E-state index >= 15 is 0 Å². The zero-order chi connectivity index (χ0) is 18.9. The van der Waals surface area contributed by atoms with Gasteiger partial charge in [0.15, 0.2) is 5.75 Å². The van der Waals surface area contributed by atoms with Gasteiger partial charge in [0, 0.05) is 12.0 Å². The second kappa shape index (κ2) is 10.1. The summed E-state index contributed by atoms with van der Waals surface area (Å²) >= 11 is 7.39. The van der Waals surface area contributed by atoms with Gasteiger partial charge in [0.2, 0.25) is 5.91 Å². The van der Waals surface area contributed by atoms with E-state index in [1.807, 2.05) is 0 Å². The number of carbonyl (C=O) groups is 2. The second-order valence-electron chi connectivity index (χ2n) is 5.16. The van der Waals surface area contributed by atoms with E-state index in [2.05, 4.69) is 5.32 Å². The number of para-hydroxylation sites is 1. The molecule has 0 bridgehead atoms. The molecule has 0 radical (unpaired) electrons. The first-order valence-corrected chi connectivity index (χ1v) is 9.11. The maximum Gasteiger partial charge on any atom is 0.256 e. The van der Waals surface area contributed by atoms with Crippen molar-refractivity contribution in [1.82, 2.24) is 0 Å². The Hall–Kier alpha value is -2.22. The number of thioether (sulfide) groups is 1. The number of amides is 2. The average molecular weight is 395 g/mol. The molecule has 2 rings (SSSR count). The lowest BCUT2D eigenvalue weighted by Crippen LogP contribution is -2.16. The van der Waals surface area contributed by atoms with Crippen LogP contribution >= 0.6 is 23.4 Å². The first-order chi connectivity index (χ1) is 12.5. The van der Waals surface area contributed by atoms with Crippen LogP contribution in [0.5, 0.6) is 5.75 Å². The Bertz CT molecular complexity index is 786. The third-order valence-corrected chi connectivity index (χ3v) is 4.64. The van der Waals surface area contributed by atoms with Gasteiger partial charge in [-0.3, -0.25) is 9.59 Å². The number of anilines is 1. The number of hydrogen-bond acceptors (Lipinski definition) is 5. The number of nitrogens with two attached hydrogens (primary N) is 1. The van der Waals surface area contributed by atoms with Crippen LogP contribution in [0.2, 0.25) is 5.02 Å². The van der Waals surface area contributed by atoms with Crippen molar-refractivity contribution in [2.45, 2.75) is 4.90 Å². The number of methoxy groups -OCH3 is 1. The molecule has 0 aliphatic carbocycles. The number of nitrogens with one attached hydrogen (secondary N) is 1. The maximum absolute atomic E-state index is 12.7. The number of rotatable bonds is 9. The minimum atomic E-state index is -0.450. The standard InChI is InChI=1S/C18H19ClN2O4S/c1-24-9-10-25-17-13(19)6-4-7-14(17)21-18(23)12-5-2-3-8-15(12)26-11-16(20)22/h2-8H,9-11H2,1H3,(H2,20,22)(H,21,23). The normalized spacial score (nSPS) is 10.4. The fraction of sp³-hybridized carbons (Fsp3) is 0.222. The summed E-state index contributed by atoms with van der Waals surface area (Å²) in [6.07, 6.45) is 0. The van der Waals surface area contributed by atoms with E-state index in [4.69, 9.17) is 26.8 Å². The van der Waals surface area contributed by atoms with E-state index in [1.165, 1.54) is 11.8 Å². The summed E-state index contributed by atoms with van der Waals surface area (Å²) in [7, 11) is 1.57. The van der Waals surface area contributed by atoms with Gasteiger partial charge in [-0.1, -0.05) is 29.8 Å². The molecule has 0 aliphatic rings. The van der Waals surface area contributed by atoms with Gasteiger partial charge >= 0.3 is 0 Å². The van der Waals surface area contributed by atoms with Crippen LogP contribution < -0.4 is 15.8 Å². The van der Waals surface area contributed by atoms with Gasteiger partial charge < -0.3 is 20.5 Å². The molecular formula is C18H19ClN2O4S. The molecule has 2 aromatic carbocycles. The van der Waals surface area contributed by atoms with E-state index in [1.54, 1.807) is 49.6 Å². The van der Waals surface area contributed by atoms with Gasteiger partial charge in [-0.25, -0.2) is 0 Å². The van der Waals surface area contributed by atoms with Gasteiger partial charge in [-0.2, -0.15) is 0 Å². The molecule has 0 heterocycles. The lowest BCUT2D eigenvalue weighted by atomic mass is 10.2. The van der Waals surface area contributed by atoms with E-state index in [0.29, 0.717) is 40.1 Å². The minimum Gasteiger partial charge on any atom is -0.487 e. The van der Waals surface area contributed by atoms with Crippen molar-refractivity contribution in [1.29, 1.82) is 0 Å². The summed E-state index contributed by atoms with van der Waals surface area (Å²) in [6, 6.07) is 12.1. The van der Waals surface area contributed by atoms with Crippen LogP contribution in [0.4, 0.5) is 5.69 Å². The summed E-state index contributed by atoms with van der Waals surface area (Å²) in [4.78, 5) is 24.4. The quantitative estimate of drug-likeness (QED) is 0.503. The van der Waals surface area contributed by atoms with Crippen molar-refractivity contribution in [2.75, 3.05) is 31.4 Å². The Labute approximate surface area is 161 Å². The summed E-state index contributed by atoms with van der Waals surface area (Å²) in [5.74, 6) is -0.320. The Kier molecular flexibility index (Phi) is 7.77. The maximum atomic E-state index is 12.7. The summed E-state index contributed by atoms with van der Waals surface area (Å²) in [6.45, 7) is 0.694. The molecule has 3 N–H and O–H groups in total. The molecular weight excluding hydrogens is 376 g/mol. The fourth-order valence-corrected chi connectivity index (χ4v) is 3.12. The number of benzene rings is 2. The van der Waals surface area contributed by atoms with Crippen molar-refractivity contribution in [3.63, 3.8) is 0 Å². The zero-order valence-electron chi connectivity index (χ0n) is 14.2. The molecule has 0 aliphatic heterocycles. The van der Waals surface area contributed by atoms with Crippen molar-refractivity contribution >= 4 is 40.9 Å². The van der Waals surface area contributed by atoms with E-state index in [0.717, 1.165) is 0 Å². The van der Waals surface area contributed by atoms with Crippen LogP contribution in [0, 0.1) is 0 Å². The highest BCUT2D eigenvalue weighted by Gasteiger charge is 2.16. The van der Waals surface area contributed by atoms with Crippen molar-refractivity contribution in [2.24, 2.45) is 5.73 Å². The Balaban J connectivity index is 2.20. The average Bonchev–Trinajstić information content (AvgIpc) is 2.62. The SMILES string of the molecule is COCCOc1c(Cl)cccc1NC(=O)c1ccccc1SCC(N)=O. The lowest BCUT2D eigenvalue weighted by molar-refractivity contribution is -0.115. The fourth-order valence-electron chi connectivity index (χ4n) is 2.10. The molecule has 0 saturated heterocycles. The van der Waals surface area contributed by atoms with Crippen LogP contribution in [0.1, 0.15) is 10.4 Å². The first-order valence-electron chi connectivity index (χ1n) is 7.74. The predicted octanol–water partition coefficient (Wildman–Crippen LogP) is 3.19. The summed E-state index contributed by atoms with van der Waals surface area (Å²) in [5.41, 5.74) is 6.07. The van der Waals surface area contributed by atoms with Crippen molar-refractivity contribution < 1.29 is 19.1 Å². The zero-order valence-corrected chi connectivity index (χ0v) is 15.7. The molecule has 0 spiro atoms. The van der Waals surface area contributed by atoms with Crippen LogP contribution in [0.25, 0.3) is 0 Å². The number of hydrogen-bond donors (Lipinski definition) is 2. The summed E-state index contributed by atoms with van der Waals surface area (Å²) in [5, 5.41) is 3.19. The minimum absolute atomic E-state index is 0.0901. The predicted molar refractivity (Wildman–Crippen MR) is 103 cm³/mol. The molecule has 6 nitrogen and oxygen atoms in total. The number of carbonyl (C=O) groups excluding carboxylic acids is 2. The molecule has 8 heteroatoms. The smallest absolute Gasteiger partial charge is 0.256 e. The molecule has 0 aromatic heterocycles. The number of ether oxygens (including phenoxy) is 2. The van der Waals surface area contributed by atoms with E-state index in [-0.39, 0.29) is 11.7 Å². The molecule has 2 amide bonds. The third-order valence-electron chi connectivity index (χ3n) is 3.25. The van der Waals surface area contributed by atoms with Crippen LogP contribution in [0.3, 0.4) is 0 Å². The van der Waals surface area contributed by atoms with Crippen molar-refractivity contribution in [3.05, 3.63) is 53.1 Å². The molecule has 0 unspecified atom stereocenters. The highest BCUT2D eigenvalue weighted by molar-refractivity contribution is 8.00. The summed E-state index contributed by atoms with van der Waals surface area (Å²) < 4.78 is 10.6. The molecule has 0 atom stereocenters. The molecule has 0 saturated carbocycles. The van der Waals surface area contributed by atoms with Gasteiger partial charge in [0.1, 0.15) is 6.61 Å².